The first-order valence-corrected chi connectivity index (χ1v) is 7.74. The lowest BCUT2D eigenvalue weighted by atomic mass is 10.2. The summed E-state index contributed by atoms with van der Waals surface area (Å²) >= 11 is 5.96. The molecule has 0 aliphatic heterocycles. The number of nitrogen functional groups attached to an aromatic ring is 1. The molecule has 0 aliphatic carbocycles. The third kappa shape index (κ3) is 4.07. The van der Waals surface area contributed by atoms with Crippen molar-refractivity contribution in [3.05, 3.63) is 22.7 Å². The Kier molecular flexibility index (Phi) is 5.61. The zero-order valence-corrected chi connectivity index (χ0v) is 12.8. The zero-order chi connectivity index (χ0) is 14.6. The quantitative estimate of drug-likeness (QED) is 0.787. The van der Waals surface area contributed by atoms with E-state index in [2.05, 4.69) is 4.72 Å². The molecule has 3 N–H and O–H groups in total. The Morgan fingerprint density at radius 3 is 2.58 bits per heavy atom. The van der Waals surface area contributed by atoms with Crippen LogP contribution in [0.3, 0.4) is 0 Å². The molecule has 0 heterocycles. The molecule has 1 unspecified atom stereocenters. The van der Waals surface area contributed by atoms with Gasteiger partial charge < -0.3 is 10.5 Å². The van der Waals surface area contributed by atoms with E-state index in [1.54, 1.807) is 6.92 Å². The molecule has 0 saturated carbocycles. The molecular formula is C12H19ClN2O3S. The fraction of sp³-hybridized carbons (Fsp3) is 0.500. The van der Waals surface area contributed by atoms with E-state index in [0.29, 0.717) is 29.3 Å². The lowest BCUT2D eigenvalue weighted by Crippen LogP contribution is -2.37. The van der Waals surface area contributed by atoms with E-state index in [1.165, 1.54) is 19.2 Å². The number of anilines is 1. The van der Waals surface area contributed by atoms with Gasteiger partial charge in [-0.25, -0.2) is 13.1 Å². The first-order chi connectivity index (χ1) is 8.81. The predicted molar refractivity (Wildman–Crippen MR) is 76.9 cm³/mol. The summed E-state index contributed by atoms with van der Waals surface area (Å²) in [5.74, 6) is 0. The van der Waals surface area contributed by atoms with Crippen molar-refractivity contribution >= 4 is 27.3 Å². The van der Waals surface area contributed by atoms with E-state index in [1.807, 2.05) is 6.92 Å². The lowest BCUT2D eigenvalue weighted by molar-refractivity contribution is 0.173. The average Bonchev–Trinajstić information content (AvgIpc) is 2.34. The second-order valence-electron chi connectivity index (χ2n) is 4.30. The van der Waals surface area contributed by atoms with Crippen LogP contribution < -0.4 is 10.5 Å². The standard InChI is InChI=1S/C12H19ClN2O3S/c1-4-9(7-18-3)15-19(16,17)10-5-11(13)8(2)12(14)6-10/h5-6,9,15H,4,7,14H2,1-3H3. The fourth-order valence-corrected chi connectivity index (χ4v) is 3.21. The molecule has 0 fully saturated rings. The van der Waals surface area contributed by atoms with E-state index in [0.717, 1.165) is 0 Å². The van der Waals surface area contributed by atoms with E-state index in [-0.39, 0.29) is 10.9 Å². The van der Waals surface area contributed by atoms with Gasteiger partial charge in [0.15, 0.2) is 0 Å². The van der Waals surface area contributed by atoms with Crippen molar-refractivity contribution in [1.29, 1.82) is 0 Å². The van der Waals surface area contributed by atoms with Crippen LogP contribution in [0.4, 0.5) is 5.69 Å². The third-order valence-corrected chi connectivity index (χ3v) is 4.74. The van der Waals surface area contributed by atoms with Crippen molar-refractivity contribution in [1.82, 2.24) is 4.72 Å². The van der Waals surface area contributed by atoms with Crippen molar-refractivity contribution in [2.45, 2.75) is 31.2 Å². The van der Waals surface area contributed by atoms with E-state index >= 15 is 0 Å². The largest absolute Gasteiger partial charge is 0.398 e. The number of nitrogens with one attached hydrogen (secondary N) is 1. The van der Waals surface area contributed by atoms with Gasteiger partial charge in [0.1, 0.15) is 0 Å². The Hall–Kier alpha value is -0.820. The first kappa shape index (κ1) is 16.2. The molecule has 7 heteroatoms. The Bertz CT molecular complexity index is 523. The van der Waals surface area contributed by atoms with Gasteiger partial charge in [0.25, 0.3) is 0 Å². The van der Waals surface area contributed by atoms with Crippen molar-refractivity contribution in [2.24, 2.45) is 0 Å². The van der Waals surface area contributed by atoms with E-state index in [4.69, 9.17) is 22.1 Å². The van der Waals surface area contributed by atoms with Crippen LogP contribution >= 0.6 is 11.6 Å². The molecular weight excluding hydrogens is 288 g/mol. The van der Waals surface area contributed by atoms with E-state index < -0.39 is 10.0 Å². The number of hydrogen-bond acceptors (Lipinski definition) is 4. The lowest BCUT2D eigenvalue weighted by Gasteiger charge is -2.17. The zero-order valence-electron chi connectivity index (χ0n) is 11.2. The van der Waals surface area contributed by atoms with Crippen LogP contribution in [0.2, 0.25) is 5.02 Å². The number of sulfonamides is 1. The van der Waals surface area contributed by atoms with Crippen LogP contribution in [0.15, 0.2) is 17.0 Å². The Morgan fingerprint density at radius 1 is 1.47 bits per heavy atom. The number of rotatable bonds is 6. The first-order valence-electron chi connectivity index (χ1n) is 5.88. The van der Waals surface area contributed by atoms with Gasteiger partial charge in [-0.3, -0.25) is 0 Å². The maximum Gasteiger partial charge on any atom is 0.241 e. The van der Waals surface area contributed by atoms with Crippen molar-refractivity contribution in [3.8, 4) is 0 Å². The molecule has 0 aromatic heterocycles. The molecule has 1 rings (SSSR count). The molecule has 0 aliphatic rings. The van der Waals surface area contributed by atoms with Crippen LogP contribution in [-0.2, 0) is 14.8 Å². The normalized spacial score (nSPS) is 13.5. The highest BCUT2D eigenvalue weighted by Gasteiger charge is 2.20. The number of methoxy groups -OCH3 is 1. The van der Waals surface area contributed by atoms with Crippen LogP contribution in [0.25, 0.3) is 0 Å². The molecule has 0 radical (unpaired) electrons. The van der Waals surface area contributed by atoms with Crippen LogP contribution in [-0.4, -0.2) is 28.2 Å². The van der Waals surface area contributed by atoms with E-state index in [9.17, 15) is 8.42 Å². The van der Waals surface area contributed by atoms with Crippen LogP contribution in [0.5, 0.6) is 0 Å². The minimum absolute atomic E-state index is 0.0650. The molecule has 1 aromatic rings. The topological polar surface area (TPSA) is 81.4 Å². The summed E-state index contributed by atoms with van der Waals surface area (Å²) in [4.78, 5) is 0.0650. The summed E-state index contributed by atoms with van der Waals surface area (Å²) in [7, 11) is -2.12. The van der Waals surface area contributed by atoms with Crippen molar-refractivity contribution < 1.29 is 13.2 Å². The van der Waals surface area contributed by atoms with Gasteiger partial charge in [0, 0.05) is 23.9 Å². The Balaban J connectivity index is 3.07. The number of ether oxygens (including phenoxy) is 1. The number of nitrogens with two attached hydrogens (primary N) is 1. The van der Waals surface area contributed by atoms with Gasteiger partial charge in [-0.1, -0.05) is 18.5 Å². The molecule has 1 atom stereocenters. The summed E-state index contributed by atoms with van der Waals surface area (Å²) in [6.07, 6.45) is 0.627. The summed E-state index contributed by atoms with van der Waals surface area (Å²) in [6, 6.07) is 2.52. The molecule has 108 valence electrons. The molecule has 19 heavy (non-hydrogen) atoms. The molecule has 0 amide bonds. The smallest absolute Gasteiger partial charge is 0.241 e. The highest BCUT2D eigenvalue weighted by atomic mass is 35.5. The van der Waals surface area contributed by atoms with Crippen LogP contribution in [0, 0.1) is 6.92 Å². The second-order valence-corrected chi connectivity index (χ2v) is 6.42. The van der Waals surface area contributed by atoms with Crippen LogP contribution in [0.1, 0.15) is 18.9 Å². The highest BCUT2D eigenvalue weighted by Crippen LogP contribution is 2.26. The number of hydrogen-bond donors (Lipinski definition) is 2. The van der Waals surface area contributed by atoms with Gasteiger partial charge in [-0.2, -0.15) is 0 Å². The molecule has 0 spiro atoms. The molecule has 0 bridgehead atoms. The number of halogens is 1. The predicted octanol–water partition coefficient (Wildman–Crippen LogP) is 1.93. The average molecular weight is 307 g/mol. The van der Waals surface area contributed by atoms with Crippen molar-refractivity contribution in [2.75, 3.05) is 19.5 Å². The molecule has 1 aromatic carbocycles. The fourth-order valence-electron chi connectivity index (χ4n) is 1.55. The number of benzene rings is 1. The maximum absolute atomic E-state index is 12.2. The summed E-state index contributed by atoms with van der Waals surface area (Å²) in [6.45, 7) is 3.93. The SMILES string of the molecule is CCC(COC)NS(=O)(=O)c1cc(N)c(C)c(Cl)c1. The minimum Gasteiger partial charge on any atom is -0.398 e. The second kappa shape index (κ2) is 6.56. The third-order valence-electron chi connectivity index (χ3n) is 2.85. The Labute approximate surface area is 119 Å². The Morgan fingerprint density at radius 2 is 2.11 bits per heavy atom. The minimum atomic E-state index is -3.65. The molecule has 0 saturated heterocycles. The van der Waals surface area contributed by atoms with Gasteiger partial charge in [-0.15, -0.1) is 0 Å². The van der Waals surface area contributed by atoms with Crippen molar-refractivity contribution in [3.63, 3.8) is 0 Å². The molecule has 5 nitrogen and oxygen atoms in total. The maximum atomic E-state index is 12.2. The monoisotopic (exact) mass is 306 g/mol. The van der Waals surface area contributed by atoms with Gasteiger partial charge >= 0.3 is 0 Å². The van der Waals surface area contributed by atoms with Gasteiger partial charge in [0.05, 0.1) is 11.5 Å². The van der Waals surface area contributed by atoms with Gasteiger partial charge in [0.2, 0.25) is 10.0 Å². The highest BCUT2D eigenvalue weighted by molar-refractivity contribution is 7.89. The summed E-state index contributed by atoms with van der Waals surface area (Å²) in [5, 5.41) is 0.333. The summed E-state index contributed by atoms with van der Waals surface area (Å²) in [5.41, 5.74) is 6.76. The summed E-state index contributed by atoms with van der Waals surface area (Å²) < 4.78 is 32.0. The van der Waals surface area contributed by atoms with Gasteiger partial charge in [-0.05, 0) is 31.0 Å².